The molecule has 1 saturated heterocycles. The largest absolute Gasteiger partial charge is 0.488 e. The lowest BCUT2D eigenvalue weighted by Crippen LogP contribution is -2.53. The van der Waals surface area contributed by atoms with E-state index in [1.54, 1.807) is 6.33 Å². The van der Waals surface area contributed by atoms with Crippen LogP contribution in [-0.4, -0.2) is 81.8 Å². The first-order valence-corrected chi connectivity index (χ1v) is 17.1. The zero-order valence-electron chi connectivity index (χ0n) is 23.0. The van der Waals surface area contributed by atoms with E-state index in [-0.39, 0.29) is 11.6 Å². The number of nitrogens with zero attached hydrogens (tertiary/aromatic N) is 6. The maximum absolute atomic E-state index is 11.5. The highest BCUT2D eigenvalue weighted by molar-refractivity contribution is 6.76. The van der Waals surface area contributed by atoms with E-state index >= 15 is 0 Å². The van der Waals surface area contributed by atoms with E-state index in [2.05, 4.69) is 47.5 Å². The fourth-order valence-electron chi connectivity index (χ4n) is 4.73. The normalized spacial score (nSPS) is 19.1. The average molecular weight is 539 g/mol. The Hall–Kier alpha value is -3.18. The van der Waals surface area contributed by atoms with Crippen molar-refractivity contribution in [1.29, 1.82) is 0 Å². The van der Waals surface area contributed by atoms with Gasteiger partial charge in [-0.1, -0.05) is 19.6 Å². The van der Waals surface area contributed by atoms with Crippen molar-refractivity contribution in [2.24, 2.45) is 0 Å². The summed E-state index contributed by atoms with van der Waals surface area (Å²) >= 11 is 0. The Kier molecular flexibility index (Phi) is 7.08. The van der Waals surface area contributed by atoms with Gasteiger partial charge in [-0.05, 0) is 50.9 Å². The van der Waals surface area contributed by atoms with Crippen LogP contribution in [0.1, 0.15) is 26.7 Å². The number of piperazine rings is 1. The number of ether oxygens (including phenoxy) is 2. The summed E-state index contributed by atoms with van der Waals surface area (Å²) in [5.41, 5.74) is 2.38. The molecule has 2 fully saturated rings. The van der Waals surface area contributed by atoms with Crippen molar-refractivity contribution in [1.82, 2.24) is 24.6 Å². The van der Waals surface area contributed by atoms with Crippen LogP contribution < -0.4 is 9.64 Å². The Morgan fingerprint density at radius 3 is 2.66 bits per heavy atom. The highest BCUT2D eigenvalue weighted by Gasteiger charge is 2.40. The summed E-state index contributed by atoms with van der Waals surface area (Å²) in [7, 11) is -1.21. The minimum atomic E-state index is -1.21. The number of fused-ring (bicyclic) bond motifs is 1. The predicted octanol–water partition coefficient (Wildman–Crippen LogP) is 4.93. The molecule has 11 heteroatoms. The lowest BCUT2D eigenvalue weighted by molar-refractivity contribution is 0.0802. The van der Waals surface area contributed by atoms with E-state index in [0.717, 1.165) is 52.7 Å². The van der Waals surface area contributed by atoms with Gasteiger partial charge in [0.1, 0.15) is 30.2 Å². The van der Waals surface area contributed by atoms with E-state index in [4.69, 9.17) is 14.6 Å². The fourth-order valence-corrected chi connectivity index (χ4v) is 5.49. The number of rotatable bonds is 9. The van der Waals surface area contributed by atoms with Crippen molar-refractivity contribution >= 4 is 30.9 Å². The third-order valence-electron chi connectivity index (χ3n) is 7.33. The number of carbonyl (C=O) groups is 1. The van der Waals surface area contributed by atoms with Gasteiger partial charge >= 0.3 is 6.09 Å². The van der Waals surface area contributed by atoms with E-state index < -0.39 is 14.2 Å². The Morgan fingerprint density at radius 2 is 1.97 bits per heavy atom. The summed E-state index contributed by atoms with van der Waals surface area (Å²) in [4.78, 5) is 24.3. The minimum Gasteiger partial charge on any atom is -0.488 e. The predicted molar refractivity (Wildman–Crippen MR) is 150 cm³/mol. The molecule has 10 nitrogen and oxygen atoms in total. The smallest absolute Gasteiger partial charge is 0.407 e. The Morgan fingerprint density at radius 1 is 1.18 bits per heavy atom. The summed E-state index contributed by atoms with van der Waals surface area (Å²) in [6.07, 6.45) is 2.80. The number of hydrogen-bond acceptors (Lipinski definition) is 7. The van der Waals surface area contributed by atoms with Crippen molar-refractivity contribution in [3.63, 3.8) is 0 Å². The van der Waals surface area contributed by atoms with Crippen molar-refractivity contribution in [3.8, 4) is 17.1 Å². The molecule has 3 heterocycles. The quantitative estimate of drug-likeness (QED) is 0.302. The van der Waals surface area contributed by atoms with Crippen LogP contribution in [0.15, 0.2) is 30.6 Å². The molecule has 1 saturated carbocycles. The Bertz CT molecular complexity index is 1320. The number of benzene rings is 1. The van der Waals surface area contributed by atoms with E-state index in [9.17, 15) is 9.90 Å². The number of carboxylic acid groups (broad SMARTS) is 1. The van der Waals surface area contributed by atoms with E-state index in [1.165, 1.54) is 4.90 Å². The molecule has 3 aromatic rings. The highest BCUT2D eigenvalue weighted by Crippen LogP contribution is 2.41. The molecule has 0 bridgehead atoms. The standard InChI is InChI=1S/C27H38N6O4Si/c1-19-16-31(10-11-32(19)26(34)35)24-15-23(28-17-29-24)25-21-14-20(37-27(2)8-9-27)6-7-22(21)30-33(25)18-36-12-13-38(3,4)5/h6-7,14-15,17,19H,8-13,16,18H2,1-5H3,(H,34,35)/t19-/m0/s1. The van der Waals surface area contributed by atoms with Crippen LogP contribution in [0.5, 0.6) is 5.75 Å². The van der Waals surface area contributed by atoms with Gasteiger partial charge in [-0.2, -0.15) is 5.10 Å². The average Bonchev–Trinajstić information content (AvgIpc) is 3.47. The maximum Gasteiger partial charge on any atom is 0.407 e. The first kappa shape index (κ1) is 26.4. The zero-order valence-corrected chi connectivity index (χ0v) is 24.0. The molecule has 1 aliphatic heterocycles. The van der Waals surface area contributed by atoms with Crippen LogP contribution in [-0.2, 0) is 11.5 Å². The molecule has 0 radical (unpaired) electrons. The highest BCUT2D eigenvalue weighted by atomic mass is 28.3. The number of anilines is 1. The monoisotopic (exact) mass is 538 g/mol. The van der Waals surface area contributed by atoms with Crippen molar-refractivity contribution in [2.45, 2.75) is 70.7 Å². The van der Waals surface area contributed by atoms with E-state index in [0.29, 0.717) is 33.0 Å². The van der Waals surface area contributed by atoms with Gasteiger partial charge in [0.05, 0.1) is 16.9 Å². The van der Waals surface area contributed by atoms with Crippen LogP contribution in [0.25, 0.3) is 22.3 Å². The molecule has 1 N–H and O–H groups in total. The van der Waals surface area contributed by atoms with Gasteiger partial charge in [-0.3, -0.25) is 0 Å². The second kappa shape index (κ2) is 10.2. The van der Waals surface area contributed by atoms with Crippen LogP contribution in [0.2, 0.25) is 25.7 Å². The zero-order chi connectivity index (χ0) is 27.1. The fraction of sp³-hybridized carbons (Fsp3) is 0.556. The molecule has 2 aliphatic rings. The molecule has 38 heavy (non-hydrogen) atoms. The summed E-state index contributed by atoms with van der Waals surface area (Å²) in [5.74, 6) is 1.59. The van der Waals surface area contributed by atoms with Crippen molar-refractivity contribution < 1.29 is 19.4 Å². The third kappa shape index (κ3) is 5.93. The molecule has 1 atom stereocenters. The van der Waals surface area contributed by atoms with Gasteiger partial charge in [0.25, 0.3) is 0 Å². The van der Waals surface area contributed by atoms with Crippen LogP contribution >= 0.6 is 0 Å². The summed E-state index contributed by atoms with van der Waals surface area (Å²) in [5, 5.41) is 15.3. The molecular weight excluding hydrogens is 500 g/mol. The molecule has 1 aromatic carbocycles. The summed E-state index contributed by atoms with van der Waals surface area (Å²) in [6, 6.07) is 8.94. The van der Waals surface area contributed by atoms with Crippen LogP contribution in [0.3, 0.4) is 0 Å². The number of hydrogen-bond donors (Lipinski definition) is 1. The topological polar surface area (TPSA) is 106 Å². The maximum atomic E-state index is 11.5. The molecule has 1 aliphatic carbocycles. The molecule has 0 spiro atoms. The molecule has 5 rings (SSSR count). The first-order valence-electron chi connectivity index (χ1n) is 13.4. The lowest BCUT2D eigenvalue weighted by Gasteiger charge is -2.38. The Balaban J connectivity index is 1.47. The van der Waals surface area contributed by atoms with Gasteiger partial charge < -0.3 is 24.4 Å². The van der Waals surface area contributed by atoms with Gasteiger partial charge in [0.15, 0.2) is 0 Å². The van der Waals surface area contributed by atoms with Crippen molar-refractivity contribution in [2.75, 3.05) is 31.1 Å². The Labute approximate surface area is 224 Å². The molecular formula is C27H38N6O4Si. The summed E-state index contributed by atoms with van der Waals surface area (Å²) < 4.78 is 14.2. The third-order valence-corrected chi connectivity index (χ3v) is 9.03. The van der Waals surface area contributed by atoms with Gasteiger partial charge in [-0.15, -0.1) is 0 Å². The van der Waals surface area contributed by atoms with Gasteiger partial charge in [0.2, 0.25) is 0 Å². The lowest BCUT2D eigenvalue weighted by atomic mass is 10.1. The van der Waals surface area contributed by atoms with E-state index in [1.807, 2.05) is 29.8 Å². The van der Waals surface area contributed by atoms with Crippen molar-refractivity contribution in [3.05, 3.63) is 30.6 Å². The number of amides is 1. The van der Waals surface area contributed by atoms with Crippen LogP contribution in [0, 0.1) is 0 Å². The molecule has 0 unspecified atom stereocenters. The second-order valence-electron chi connectivity index (χ2n) is 12.0. The minimum absolute atomic E-state index is 0.0827. The summed E-state index contributed by atoms with van der Waals surface area (Å²) in [6.45, 7) is 13.7. The second-order valence-corrected chi connectivity index (χ2v) is 17.6. The van der Waals surface area contributed by atoms with Gasteiger partial charge in [0, 0.05) is 51.8 Å². The molecule has 204 valence electrons. The van der Waals surface area contributed by atoms with Crippen LogP contribution in [0.4, 0.5) is 10.6 Å². The molecule has 1 amide bonds. The first-order chi connectivity index (χ1) is 18.0. The number of aromatic nitrogens is 4. The molecule has 2 aromatic heterocycles. The van der Waals surface area contributed by atoms with Gasteiger partial charge in [-0.25, -0.2) is 19.4 Å². The SMILES string of the molecule is C[C@H]1CN(c2cc(-c3c4cc(OC5(C)CC5)ccc4nn3COCC[Si](C)(C)C)ncn2)CCN1C(=O)O.